The molecule has 0 unspecified atom stereocenters. The average molecular weight is 543 g/mol. The Kier molecular flexibility index (Phi) is 12.6. The number of nitrogens with one attached hydrogen (secondary N) is 3. The van der Waals surface area contributed by atoms with Gasteiger partial charge in [0, 0.05) is 37.2 Å². The molecule has 0 bridgehead atoms. The molecule has 0 fully saturated rings. The minimum absolute atomic E-state index is 0. The van der Waals surface area contributed by atoms with Gasteiger partial charge in [0.15, 0.2) is 11.7 Å². The zero-order chi connectivity index (χ0) is 21.8. The van der Waals surface area contributed by atoms with Crippen molar-refractivity contribution >= 4 is 35.8 Å². The number of carbonyl (C=O) groups excluding carboxylic acids is 1. The van der Waals surface area contributed by atoms with E-state index >= 15 is 0 Å². The van der Waals surface area contributed by atoms with E-state index < -0.39 is 0 Å². The van der Waals surface area contributed by atoms with Crippen molar-refractivity contribution in [2.45, 2.75) is 52.5 Å². The van der Waals surface area contributed by atoms with Crippen molar-refractivity contribution in [2.75, 3.05) is 19.6 Å². The molecule has 0 spiro atoms. The van der Waals surface area contributed by atoms with Gasteiger partial charge >= 0.3 is 0 Å². The second-order valence-electron chi connectivity index (χ2n) is 7.01. The molecule has 0 saturated heterocycles. The first kappa shape index (κ1) is 26.7. The third-order valence-electron chi connectivity index (χ3n) is 4.76. The number of phenolic OH excluding ortho intramolecular Hbond substituents is 1. The van der Waals surface area contributed by atoms with Crippen LogP contribution in [-0.2, 0) is 6.54 Å². The topological polar surface area (TPSA) is 112 Å². The smallest absolute Gasteiger partial charge is 0.251 e. The van der Waals surface area contributed by atoms with Gasteiger partial charge in [0.1, 0.15) is 12.3 Å². The molecule has 0 aliphatic carbocycles. The van der Waals surface area contributed by atoms with E-state index in [0.717, 1.165) is 37.3 Å². The average Bonchev–Trinajstić information content (AvgIpc) is 3.21. The number of aromatic nitrogens is 1. The maximum Gasteiger partial charge on any atom is 0.251 e. The van der Waals surface area contributed by atoms with E-state index in [0.29, 0.717) is 37.1 Å². The second-order valence-corrected chi connectivity index (χ2v) is 7.01. The van der Waals surface area contributed by atoms with Crippen LogP contribution in [0.2, 0.25) is 0 Å². The first-order chi connectivity index (χ1) is 14.6. The summed E-state index contributed by atoms with van der Waals surface area (Å²) in [6, 6.07) is 8.28. The summed E-state index contributed by atoms with van der Waals surface area (Å²) in [6.07, 6.45) is 2.81. The van der Waals surface area contributed by atoms with Crippen molar-refractivity contribution in [2.24, 2.45) is 4.99 Å². The number of amides is 1. The fourth-order valence-corrected chi connectivity index (χ4v) is 3.05. The zero-order valence-corrected chi connectivity index (χ0v) is 20.8. The van der Waals surface area contributed by atoms with E-state index in [1.54, 1.807) is 12.1 Å². The summed E-state index contributed by atoms with van der Waals surface area (Å²) in [5.41, 5.74) is 1.43. The van der Waals surface area contributed by atoms with Gasteiger partial charge in [-0.15, -0.1) is 24.0 Å². The SMILES string of the molecule is CCNC(=NCc1cc(C(CC)CC)no1)NCCCNC(=O)c1cccc(O)c1.I. The first-order valence-corrected chi connectivity index (χ1v) is 10.6. The molecule has 2 rings (SSSR count). The number of carbonyl (C=O) groups is 1. The van der Waals surface area contributed by atoms with Gasteiger partial charge < -0.3 is 25.6 Å². The van der Waals surface area contributed by atoms with E-state index in [2.05, 4.69) is 39.9 Å². The van der Waals surface area contributed by atoms with Gasteiger partial charge in [-0.2, -0.15) is 0 Å². The van der Waals surface area contributed by atoms with Gasteiger partial charge in [0.2, 0.25) is 0 Å². The van der Waals surface area contributed by atoms with Crippen LogP contribution in [0.3, 0.4) is 0 Å². The van der Waals surface area contributed by atoms with E-state index in [4.69, 9.17) is 4.52 Å². The van der Waals surface area contributed by atoms with Crippen molar-refractivity contribution in [1.82, 2.24) is 21.1 Å². The highest BCUT2D eigenvalue weighted by atomic mass is 127. The Bertz CT molecular complexity index is 821. The number of rotatable bonds is 11. The highest BCUT2D eigenvalue weighted by Gasteiger charge is 2.12. The van der Waals surface area contributed by atoms with Crippen LogP contribution in [-0.4, -0.2) is 41.8 Å². The van der Waals surface area contributed by atoms with Crippen LogP contribution in [0.15, 0.2) is 39.8 Å². The monoisotopic (exact) mass is 543 g/mol. The number of phenols is 1. The molecule has 1 aromatic heterocycles. The maximum atomic E-state index is 12.1. The molecule has 1 amide bonds. The zero-order valence-electron chi connectivity index (χ0n) is 18.5. The Balaban J connectivity index is 0.00000480. The highest BCUT2D eigenvalue weighted by Crippen LogP contribution is 2.22. The van der Waals surface area contributed by atoms with E-state index in [1.165, 1.54) is 12.1 Å². The van der Waals surface area contributed by atoms with Crippen molar-refractivity contribution in [3.05, 3.63) is 47.3 Å². The van der Waals surface area contributed by atoms with Crippen LogP contribution in [0.1, 0.15) is 67.8 Å². The van der Waals surface area contributed by atoms with Crippen LogP contribution in [0, 0.1) is 0 Å². The van der Waals surface area contributed by atoms with Crippen molar-refractivity contribution < 1.29 is 14.4 Å². The molecule has 2 aromatic rings. The third-order valence-corrected chi connectivity index (χ3v) is 4.76. The molecule has 0 aliphatic heterocycles. The lowest BCUT2D eigenvalue weighted by Gasteiger charge is -2.11. The Hall–Kier alpha value is -2.30. The highest BCUT2D eigenvalue weighted by molar-refractivity contribution is 14.0. The molecule has 1 heterocycles. The summed E-state index contributed by atoms with van der Waals surface area (Å²) in [5.74, 6) is 1.73. The number of benzene rings is 1. The summed E-state index contributed by atoms with van der Waals surface area (Å²) in [7, 11) is 0. The summed E-state index contributed by atoms with van der Waals surface area (Å²) in [6.45, 7) is 8.64. The lowest BCUT2D eigenvalue weighted by Crippen LogP contribution is -2.38. The lowest BCUT2D eigenvalue weighted by molar-refractivity contribution is 0.0953. The molecule has 0 radical (unpaired) electrons. The molecular weight excluding hydrogens is 509 g/mol. The molecule has 4 N–H and O–H groups in total. The molecule has 31 heavy (non-hydrogen) atoms. The number of halogens is 1. The minimum Gasteiger partial charge on any atom is -0.508 e. The molecular formula is C22H34IN5O3. The molecule has 1 aromatic carbocycles. The van der Waals surface area contributed by atoms with Crippen LogP contribution in [0.5, 0.6) is 5.75 Å². The number of guanidine groups is 1. The molecule has 9 heteroatoms. The predicted octanol–water partition coefficient (Wildman–Crippen LogP) is 3.78. The van der Waals surface area contributed by atoms with Gasteiger partial charge in [-0.05, 0) is 44.4 Å². The van der Waals surface area contributed by atoms with Crippen LogP contribution in [0.4, 0.5) is 0 Å². The third kappa shape index (κ3) is 9.16. The van der Waals surface area contributed by atoms with Crippen LogP contribution < -0.4 is 16.0 Å². The largest absolute Gasteiger partial charge is 0.508 e. The molecule has 0 saturated carbocycles. The Morgan fingerprint density at radius 2 is 1.87 bits per heavy atom. The number of nitrogens with zero attached hydrogens (tertiary/aromatic N) is 2. The fourth-order valence-electron chi connectivity index (χ4n) is 3.05. The number of aliphatic imine (C=N–C) groups is 1. The summed E-state index contributed by atoms with van der Waals surface area (Å²) >= 11 is 0. The lowest BCUT2D eigenvalue weighted by atomic mass is 9.99. The van der Waals surface area contributed by atoms with Crippen LogP contribution in [0.25, 0.3) is 0 Å². The summed E-state index contributed by atoms with van der Waals surface area (Å²) < 4.78 is 5.42. The first-order valence-electron chi connectivity index (χ1n) is 10.6. The van der Waals surface area contributed by atoms with Gasteiger partial charge in [0.25, 0.3) is 5.91 Å². The van der Waals surface area contributed by atoms with E-state index in [1.807, 2.05) is 13.0 Å². The number of aromatic hydroxyl groups is 1. The maximum absolute atomic E-state index is 12.1. The Labute approximate surface area is 201 Å². The van der Waals surface area contributed by atoms with Crippen molar-refractivity contribution in [3.8, 4) is 5.75 Å². The molecule has 172 valence electrons. The van der Waals surface area contributed by atoms with Gasteiger partial charge in [0.05, 0.1) is 5.69 Å². The van der Waals surface area contributed by atoms with Crippen molar-refractivity contribution in [1.29, 1.82) is 0 Å². The van der Waals surface area contributed by atoms with Crippen LogP contribution >= 0.6 is 24.0 Å². The molecule has 0 atom stereocenters. The Morgan fingerprint density at radius 1 is 1.13 bits per heavy atom. The second kappa shape index (κ2) is 14.7. The summed E-state index contributed by atoms with van der Waals surface area (Å²) in [5, 5.41) is 22.9. The van der Waals surface area contributed by atoms with E-state index in [9.17, 15) is 9.90 Å². The number of hydrogen-bond acceptors (Lipinski definition) is 5. The van der Waals surface area contributed by atoms with Gasteiger partial charge in [-0.3, -0.25) is 4.79 Å². The molecule has 0 aliphatic rings. The predicted molar refractivity (Wildman–Crippen MR) is 133 cm³/mol. The van der Waals surface area contributed by atoms with Gasteiger partial charge in [-0.25, -0.2) is 4.99 Å². The standard InChI is InChI=1S/C22H33N5O3.HI/c1-4-16(5-2)20-14-19(30-27-20)15-26-22(23-6-3)25-12-8-11-24-21(29)17-9-7-10-18(28)13-17;/h7,9-10,13-14,16,28H,4-6,8,11-12,15H2,1-3H3,(H,24,29)(H2,23,25,26);1H. The Morgan fingerprint density at radius 3 is 2.55 bits per heavy atom. The quantitative estimate of drug-likeness (QED) is 0.149. The van der Waals surface area contributed by atoms with Crippen molar-refractivity contribution in [3.63, 3.8) is 0 Å². The number of hydrogen-bond donors (Lipinski definition) is 4. The van der Waals surface area contributed by atoms with E-state index in [-0.39, 0.29) is 35.6 Å². The normalized spacial score (nSPS) is 11.2. The summed E-state index contributed by atoms with van der Waals surface area (Å²) in [4.78, 5) is 16.6. The minimum atomic E-state index is -0.204. The van der Waals surface area contributed by atoms with Gasteiger partial charge in [-0.1, -0.05) is 25.1 Å². The fraction of sp³-hybridized carbons (Fsp3) is 0.500. The molecule has 8 nitrogen and oxygen atoms in total.